The Morgan fingerprint density at radius 2 is 1.70 bits per heavy atom. The maximum Gasteiger partial charge on any atom is 0.257 e. The number of aryl methyl sites for hydroxylation is 2. The van der Waals surface area contributed by atoms with Crippen molar-refractivity contribution in [3.05, 3.63) is 65.2 Å². The Labute approximate surface area is 165 Å². The molecule has 138 valence electrons. The minimum Gasteiger partial charge on any atom is -0.325 e. The first-order valence-corrected chi connectivity index (χ1v) is 10.0. The monoisotopic (exact) mass is 398 g/mol. The minimum absolute atomic E-state index is 0.116. The van der Waals surface area contributed by atoms with Crippen LogP contribution in [0.3, 0.4) is 0 Å². The van der Waals surface area contributed by atoms with E-state index in [4.69, 9.17) is 0 Å². The number of hydrogen-bond donors (Lipinski definition) is 2. The molecular formula is C19H18N4O2S2. The lowest BCUT2D eigenvalue weighted by Crippen LogP contribution is -2.14. The maximum absolute atomic E-state index is 12.1. The summed E-state index contributed by atoms with van der Waals surface area (Å²) >= 11 is 2.52. The van der Waals surface area contributed by atoms with Crippen LogP contribution in [0.15, 0.2) is 52.9 Å². The van der Waals surface area contributed by atoms with Crippen LogP contribution < -0.4 is 10.6 Å². The van der Waals surface area contributed by atoms with Crippen LogP contribution in [-0.4, -0.2) is 27.8 Å². The molecule has 1 aromatic heterocycles. The van der Waals surface area contributed by atoms with Gasteiger partial charge in [0.1, 0.15) is 0 Å². The van der Waals surface area contributed by atoms with Crippen molar-refractivity contribution < 1.29 is 9.59 Å². The molecule has 2 aromatic carbocycles. The number of anilines is 2. The van der Waals surface area contributed by atoms with E-state index in [0.29, 0.717) is 15.0 Å². The van der Waals surface area contributed by atoms with Gasteiger partial charge in [-0.2, -0.15) is 0 Å². The molecule has 0 saturated heterocycles. The lowest BCUT2D eigenvalue weighted by Gasteiger charge is -2.06. The molecule has 3 rings (SSSR count). The summed E-state index contributed by atoms with van der Waals surface area (Å²) in [6, 6.07) is 14.8. The molecule has 8 heteroatoms. The predicted molar refractivity (Wildman–Crippen MR) is 110 cm³/mol. The lowest BCUT2D eigenvalue weighted by atomic mass is 10.1. The highest BCUT2D eigenvalue weighted by atomic mass is 32.2. The second kappa shape index (κ2) is 8.79. The lowest BCUT2D eigenvalue weighted by molar-refractivity contribution is -0.113. The van der Waals surface area contributed by atoms with E-state index in [1.807, 2.05) is 32.0 Å². The molecule has 27 heavy (non-hydrogen) atoms. The molecule has 0 radical (unpaired) electrons. The Morgan fingerprint density at radius 1 is 1.00 bits per heavy atom. The zero-order valence-electron chi connectivity index (χ0n) is 14.9. The summed E-state index contributed by atoms with van der Waals surface area (Å²) < 4.78 is 0.619. The molecular weight excluding hydrogens is 380 g/mol. The second-order valence-corrected chi connectivity index (χ2v) is 8.11. The van der Waals surface area contributed by atoms with Crippen molar-refractivity contribution in [2.45, 2.75) is 18.2 Å². The van der Waals surface area contributed by atoms with Crippen molar-refractivity contribution in [1.82, 2.24) is 10.2 Å². The van der Waals surface area contributed by atoms with Crippen LogP contribution in [0.2, 0.25) is 0 Å². The number of thioether (sulfide) groups is 1. The van der Waals surface area contributed by atoms with Crippen molar-refractivity contribution in [1.29, 1.82) is 0 Å². The third kappa shape index (κ3) is 5.63. The first kappa shape index (κ1) is 19.1. The van der Waals surface area contributed by atoms with Gasteiger partial charge in [-0.15, -0.1) is 10.2 Å². The van der Waals surface area contributed by atoms with Gasteiger partial charge in [0, 0.05) is 11.3 Å². The topological polar surface area (TPSA) is 84.0 Å². The molecule has 1 heterocycles. The number of carbonyl (C=O) groups is 2. The van der Waals surface area contributed by atoms with E-state index >= 15 is 0 Å². The highest BCUT2D eigenvalue weighted by molar-refractivity contribution is 8.01. The van der Waals surface area contributed by atoms with E-state index in [2.05, 4.69) is 26.9 Å². The fraction of sp³-hybridized carbons (Fsp3) is 0.158. The Hall–Kier alpha value is -2.71. The van der Waals surface area contributed by atoms with Crippen LogP contribution in [0.1, 0.15) is 21.5 Å². The Kier molecular flexibility index (Phi) is 6.20. The summed E-state index contributed by atoms with van der Waals surface area (Å²) in [4.78, 5) is 24.2. The normalized spacial score (nSPS) is 10.4. The molecule has 3 aromatic rings. The predicted octanol–water partition coefficient (Wildman–Crippen LogP) is 4.14. The summed E-state index contributed by atoms with van der Waals surface area (Å²) in [5.41, 5.74) is 3.53. The number of aromatic nitrogens is 2. The van der Waals surface area contributed by atoms with Gasteiger partial charge in [0.15, 0.2) is 4.34 Å². The van der Waals surface area contributed by atoms with Crippen molar-refractivity contribution in [2.24, 2.45) is 0 Å². The Balaban J connectivity index is 1.52. The average Bonchev–Trinajstić information content (AvgIpc) is 3.07. The smallest absolute Gasteiger partial charge is 0.257 e. The van der Waals surface area contributed by atoms with E-state index in [9.17, 15) is 9.59 Å². The molecule has 0 bridgehead atoms. The molecule has 6 nitrogen and oxygen atoms in total. The first-order valence-electron chi connectivity index (χ1n) is 8.20. The molecule has 0 aliphatic rings. The average molecular weight is 399 g/mol. The highest BCUT2D eigenvalue weighted by Crippen LogP contribution is 2.26. The van der Waals surface area contributed by atoms with Gasteiger partial charge < -0.3 is 5.32 Å². The number of nitrogens with zero attached hydrogens (tertiary/aromatic N) is 2. The first-order chi connectivity index (χ1) is 13.0. The fourth-order valence-electron chi connectivity index (χ4n) is 2.45. The molecule has 0 aliphatic heterocycles. The van der Waals surface area contributed by atoms with E-state index in [1.54, 1.807) is 24.3 Å². The SMILES string of the molecule is Cc1cc(C)cc(NC(=O)CSc2nnc(NC(=O)c3ccccc3)s2)c1. The van der Waals surface area contributed by atoms with Gasteiger partial charge >= 0.3 is 0 Å². The Morgan fingerprint density at radius 3 is 2.41 bits per heavy atom. The van der Waals surface area contributed by atoms with Gasteiger partial charge in [-0.05, 0) is 49.2 Å². The van der Waals surface area contributed by atoms with Crippen molar-refractivity contribution in [3.63, 3.8) is 0 Å². The van der Waals surface area contributed by atoms with Crippen LogP contribution in [0.25, 0.3) is 0 Å². The van der Waals surface area contributed by atoms with Crippen LogP contribution >= 0.6 is 23.1 Å². The van der Waals surface area contributed by atoms with Crippen molar-refractivity contribution in [3.8, 4) is 0 Å². The molecule has 0 unspecified atom stereocenters. The number of benzene rings is 2. The van der Waals surface area contributed by atoms with E-state index in [-0.39, 0.29) is 17.6 Å². The molecule has 0 atom stereocenters. The Bertz CT molecular complexity index is 937. The van der Waals surface area contributed by atoms with Crippen molar-refractivity contribution >= 4 is 45.7 Å². The number of hydrogen-bond acceptors (Lipinski definition) is 6. The van der Waals surface area contributed by atoms with Crippen LogP contribution in [0, 0.1) is 13.8 Å². The van der Waals surface area contributed by atoms with E-state index in [1.165, 1.54) is 23.1 Å². The summed E-state index contributed by atoms with van der Waals surface area (Å²) in [6.07, 6.45) is 0. The van der Waals surface area contributed by atoms with Gasteiger partial charge in [-0.1, -0.05) is 47.4 Å². The molecule has 2 N–H and O–H groups in total. The quantitative estimate of drug-likeness (QED) is 0.482. The van der Waals surface area contributed by atoms with Crippen LogP contribution in [0.4, 0.5) is 10.8 Å². The molecule has 0 aliphatic carbocycles. The summed E-state index contributed by atoms with van der Waals surface area (Å²) in [5, 5.41) is 14.0. The number of amides is 2. The number of carbonyl (C=O) groups excluding carboxylic acids is 2. The largest absolute Gasteiger partial charge is 0.325 e. The molecule has 2 amide bonds. The minimum atomic E-state index is -0.240. The highest BCUT2D eigenvalue weighted by Gasteiger charge is 2.12. The van der Waals surface area contributed by atoms with E-state index < -0.39 is 0 Å². The van der Waals surface area contributed by atoms with Crippen LogP contribution in [-0.2, 0) is 4.79 Å². The van der Waals surface area contributed by atoms with Crippen LogP contribution in [0.5, 0.6) is 0 Å². The summed E-state index contributed by atoms with van der Waals surface area (Å²) in [6.45, 7) is 3.98. The zero-order chi connectivity index (χ0) is 19.2. The third-order valence-corrected chi connectivity index (χ3v) is 5.47. The van der Waals surface area contributed by atoms with Crippen molar-refractivity contribution in [2.75, 3.05) is 16.4 Å². The summed E-state index contributed by atoms with van der Waals surface area (Å²) in [7, 11) is 0. The molecule has 0 fully saturated rings. The second-order valence-electron chi connectivity index (χ2n) is 5.91. The van der Waals surface area contributed by atoms with E-state index in [0.717, 1.165) is 16.8 Å². The number of nitrogens with one attached hydrogen (secondary N) is 2. The third-order valence-electron chi connectivity index (χ3n) is 3.50. The van der Waals surface area contributed by atoms with Gasteiger partial charge in [-0.25, -0.2) is 0 Å². The molecule has 0 spiro atoms. The van der Waals surface area contributed by atoms with Gasteiger partial charge in [-0.3, -0.25) is 14.9 Å². The van der Waals surface area contributed by atoms with Gasteiger partial charge in [0.25, 0.3) is 5.91 Å². The standard InChI is InChI=1S/C19H18N4O2S2/c1-12-8-13(2)10-15(9-12)20-16(24)11-26-19-23-22-18(27-19)21-17(25)14-6-4-3-5-7-14/h3-10H,11H2,1-2H3,(H,20,24)(H,21,22,25). The van der Waals surface area contributed by atoms with Gasteiger partial charge in [0.2, 0.25) is 11.0 Å². The number of rotatable bonds is 6. The zero-order valence-corrected chi connectivity index (χ0v) is 16.5. The van der Waals surface area contributed by atoms with Gasteiger partial charge in [0.05, 0.1) is 5.75 Å². The maximum atomic E-state index is 12.1. The molecule has 0 saturated carbocycles. The summed E-state index contributed by atoms with van der Waals surface area (Å²) in [5.74, 6) is -0.139. The fourth-order valence-corrected chi connectivity index (χ4v) is 4.00.